The second-order valence-electron chi connectivity index (χ2n) is 4.60. The molecule has 0 aliphatic carbocycles. The minimum Gasteiger partial charge on any atom is -0.481 e. The lowest BCUT2D eigenvalue weighted by atomic mass is 9.92. The predicted molar refractivity (Wildman–Crippen MR) is 75.4 cm³/mol. The first-order chi connectivity index (χ1) is 8.41. The van der Waals surface area contributed by atoms with Gasteiger partial charge in [0, 0.05) is 14.8 Å². The number of carbonyl (C=O) groups is 1. The van der Waals surface area contributed by atoms with Crippen LogP contribution in [0.25, 0.3) is 10.4 Å². The number of hydrogen-bond acceptors (Lipinski definition) is 2. The molecular weight excluding hydrogens is 268 g/mol. The van der Waals surface area contributed by atoms with Crippen LogP contribution < -0.4 is 0 Å². The van der Waals surface area contributed by atoms with Crippen LogP contribution in [0.15, 0.2) is 36.4 Å². The van der Waals surface area contributed by atoms with E-state index in [4.69, 9.17) is 11.6 Å². The van der Waals surface area contributed by atoms with Crippen LogP contribution in [0.3, 0.4) is 0 Å². The summed E-state index contributed by atoms with van der Waals surface area (Å²) >= 11 is 7.35. The quantitative estimate of drug-likeness (QED) is 0.903. The Bertz CT molecular complexity index is 570. The Labute approximate surface area is 115 Å². The van der Waals surface area contributed by atoms with Crippen molar-refractivity contribution in [2.24, 2.45) is 0 Å². The SMILES string of the molecule is CC(C)(C(=O)O)c1ccc(-c2ccc(Cl)cc2)s1. The van der Waals surface area contributed by atoms with E-state index in [-0.39, 0.29) is 0 Å². The summed E-state index contributed by atoms with van der Waals surface area (Å²) in [7, 11) is 0. The van der Waals surface area contributed by atoms with Gasteiger partial charge in [0.2, 0.25) is 0 Å². The first-order valence-corrected chi connectivity index (χ1v) is 6.70. The number of carboxylic acids is 1. The van der Waals surface area contributed by atoms with E-state index < -0.39 is 11.4 Å². The third kappa shape index (κ3) is 2.42. The monoisotopic (exact) mass is 280 g/mol. The van der Waals surface area contributed by atoms with Gasteiger partial charge in [0.15, 0.2) is 0 Å². The molecule has 0 saturated carbocycles. The fraction of sp³-hybridized carbons (Fsp3) is 0.214. The van der Waals surface area contributed by atoms with Crippen molar-refractivity contribution in [2.75, 3.05) is 0 Å². The van der Waals surface area contributed by atoms with E-state index in [9.17, 15) is 9.90 Å². The summed E-state index contributed by atoms with van der Waals surface area (Å²) in [5.74, 6) is -0.813. The largest absolute Gasteiger partial charge is 0.481 e. The highest BCUT2D eigenvalue weighted by Gasteiger charge is 2.31. The summed E-state index contributed by atoms with van der Waals surface area (Å²) in [6.07, 6.45) is 0. The van der Waals surface area contributed by atoms with Gasteiger partial charge in [-0.3, -0.25) is 4.79 Å². The van der Waals surface area contributed by atoms with Crippen LogP contribution in [0.5, 0.6) is 0 Å². The smallest absolute Gasteiger partial charge is 0.314 e. The maximum absolute atomic E-state index is 11.2. The Hall–Kier alpha value is -1.32. The lowest BCUT2D eigenvalue weighted by Gasteiger charge is -2.16. The topological polar surface area (TPSA) is 37.3 Å². The zero-order valence-electron chi connectivity index (χ0n) is 10.1. The molecule has 0 aliphatic rings. The van der Waals surface area contributed by atoms with Crippen molar-refractivity contribution in [1.82, 2.24) is 0 Å². The second-order valence-corrected chi connectivity index (χ2v) is 6.12. The molecule has 0 unspecified atom stereocenters. The normalized spacial score (nSPS) is 11.5. The van der Waals surface area contributed by atoms with Crippen molar-refractivity contribution >= 4 is 28.9 Å². The maximum atomic E-state index is 11.2. The summed E-state index contributed by atoms with van der Waals surface area (Å²) in [5.41, 5.74) is 0.201. The van der Waals surface area contributed by atoms with Gasteiger partial charge in [-0.1, -0.05) is 23.7 Å². The average molecular weight is 281 g/mol. The van der Waals surface area contributed by atoms with E-state index in [0.717, 1.165) is 15.3 Å². The summed E-state index contributed by atoms with van der Waals surface area (Å²) in [6.45, 7) is 3.43. The maximum Gasteiger partial charge on any atom is 0.314 e. The number of carboxylic acid groups (broad SMARTS) is 1. The predicted octanol–water partition coefficient (Wildman–Crippen LogP) is 4.43. The third-order valence-corrected chi connectivity index (χ3v) is 4.60. The molecule has 1 aromatic heterocycles. The molecule has 0 saturated heterocycles. The standard InChI is InChI=1S/C14H13ClO2S/c1-14(2,13(16)17)12-8-7-11(18-12)9-3-5-10(15)6-4-9/h3-8H,1-2H3,(H,16,17). The van der Waals surface area contributed by atoms with Crippen LogP contribution in [0.1, 0.15) is 18.7 Å². The molecule has 2 rings (SSSR count). The van der Waals surface area contributed by atoms with Crippen molar-refractivity contribution in [2.45, 2.75) is 19.3 Å². The van der Waals surface area contributed by atoms with Crippen molar-refractivity contribution in [3.8, 4) is 10.4 Å². The lowest BCUT2D eigenvalue weighted by molar-refractivity contribution is -0.142. The highest BCUT2D eigenvalue weighted by molar-refractivity contribution is 7.15. The average Bonchev–Trinajstić information content (AvgIpc) is 2.79. The molecule has 0 amide bonds. The van der Waals surface area contributed by atoms with Crippen molar-refractivity contribution in [3.63, 3.8) is 0 Å². The Balaban J connectivity index is 2.37. The molecule has 1 heterocycles. The van der Waals surface area contributed by atoms with Crippen molar-refractivity contribution in [1.29, 1.82) is 0 Å². The zero-order valence-corrected chi connectivity index (χ0v) is 11.7. The van der Waals surface area contributed by atoms with Gasteiger partial charge in [0.05, 0.1) is 5.41 Å². The van der Waals surface area contributed by atoms with Gasteiger partial charge in [-0.05, 0) is 43.7 Å². The van der Waals surface area contributed by atoms with E-state index in [0.29, 0.717) is 5.02 Å². The van der Waals surface area contributed by atoms with Gasteiger partial charge in [-0.15, -0.1) is 11.3 Å². The number of aliphatic carboxylic acids is 1. The molecule has 4 heteroatoms. The summed E-state index contributed by atoms with van der Waals surface area (Å²) in [4.78, 5) is 13.1. The number of rotatable bonds is 3. The van der Waals surface area contributed by atoms with Crippen LogP contribution in [0.2, 0.25) is 5.02 Å². The molecule has 1 aromatic carbocycles. The Morgan fingerprint density at radius 1 is 1.17 bits per heavy atom. The van der Waals surface area contributed by atoms with E-state index in [1.807, 2.05) is 36.4 Å². The zero-order chi connectivity index (χ0) is 13.3. The molecule has 0 radical (unpaired) electrons. The first kappa shape index (κ1) is 13.1. The van der Waals surface area contributed by atoms with Gasteiger partial charge in [-0.25, -0.2) is 0 Å². The van der Waals surface area contributed by atoms with Crippen LogP contribution in [0, 0.1) is 0 Å². The highest BCUT2D eigenvalue weighted by Crippen LogP contribution is 2.35. The summed E-state index contributed by atoms with van der Waals surface area (Å²) in [5, 5.41) is 9.90. The van der Waals surface area contributed by atoms with Crippen LogP contribution in [0.4, 0.5) is 0 Å². The second kappa shape index (κ2) is 4.75. The van der Waals surface area contributed by atoms with Gasteiger partial charge in [0.1, 0.15) is 0 Å². The molecule has 0 atom stereocenters. The molecule has 94 valence electrons. The minimum atomic E-state index is -0.852. The van der Waals surface area contributed by atoms with Crippen molar-refractivity contribution in [3.05, 3.63) is 46.3 Å². The summed E-state index contributed by atoms with van der Waals surface area (Å²) in [6, 6.07) is 11.4. The highest BCUT2D eigenvalue weighted by atomic mass is 35.5. The van der Waals surface area contributed by atoms with Gasteiger partial charge in [-0.2, -0.15) is 0 Å². The lowest BCUT2D eigenvalue weighted by Crippen LogP contribution is -2.27. The molecule has 0 bridgehead atoms. The Morgan fingerprint density at radius 3 is 2.33 bits per heavy atom. The van der Waals surface area contributed by atoms with E-state index in [1.165, 1.54) is 11.3 Å². The van der Waals surface area contributed by atoms with Crippen LogP contribution in [-0.2, 0) is 10.2 Å². The van der Waals surface area contributed by atoms with E-state index in [1.54, 1.807) is 13.8 Å². The third-order valence-electron chi connectivity index (χ3n) is 2.89. The molecule has 0 spiro atoms. The van der Waals surface area contributed by atoms with Gasteiger partial charge < -0.3 is 5.11 Å². The Morgan fingerprint density at radius 2 is 1.78 bits per heavy atom. The van der Waals surface area contributed by atoms with E-state index >= 15 is 0 Å². The van der Waals surface area contributed by atoms with Crippen LogP contribution >= 0.6 is 22.9 Å². The Kier molecular flexibility index (Phi) is 3.46. The van der Waals surface area contributed by atoms with Gasteiger partial charge >= 0.3 is 5.97 Å². The molecule has 0 fully saturated rings. The fourth-order valence-corrected chi connectivity index (χ4v) is 2.78. The summed E-state index contributed by atoms with van der Waals surface area (Å²) < 4.78 is 0. The van der Waals surface area contributed by atoms with Crippen LogP contribution in [-0.4, -0.2) is 11.1 Å². The molecule has 2 nitrogen and oxygen atoms in total. The van der Waals surface area contributed by atoms with E-state index in [2.05, 4.69) is 0 Å². The number of benzene rings is 1. The molecule has 0 aliphatic heterocycles. The molecule has 2 aromatic rings. The number of thiophene rings is 1. The molecule has 1 N–H and O–H groups in total. The fourth-order valence-electron chi connectivity index (χ4n) is 1.55. The number of hydrogen-bond donors (Lipinski definition) is 1. The first-order valence-electron chi connectivity index (χ1n) is 5.51. The van der Waals surface area contributed by atoms with Crippen molar-refractivity contribution < 1.29 is 9.90 Å². The molecular formula is C14H13ClO2S. The minimum absolute atomic E-state index is 0.696. The number of halogens is 1. The molecule has 18 heavy (non-hydrogen) atoms. The van der Waals surface area contributed by atoms with Gasteiger partial charge in [0.25, 0.3) is 0 Å².